The summed E-state index contributed by atoms with van der Waals surface area (Å²) in [6.45, 7) is 5.27. The molecule has 0 amide bonds. The van der Waals surface area contributed by atoms with Gasteiger partial charge in [-0.25, -0.2) is 0 Å². The Bertz CT molecular complexity index is 960. The molecule has 0 bridgehead atoms. The van der Waals surface area contributed by atoms with E-state index in [2.05, 4.69) is 35.3 Å². The predicted molar refractivity (Wildman–Crippen MR) is 126 cm³/mol. The molecule has 0 radical (unpaired) electrons. The fourth-order valence-electron chi connectivity index (χ4n) is 3.31. The molecular weight excluding hydrogens is 448 g/mol. The molecule has 0 spiro atoms. The van der Waals surface area contributed by atoms with Gasteiger partial charge in [-0.2, -0.15) is 20.1 Å². The molecular formula is C20H26N8O4S. The molecule has 12 nitrogen and oxygen atoms in total. The Morgan fingerprint density at radius 3 is 2.18 bits per heavy atom. The number of hydrazone groups is 1. The van der Waals surface area contributed by atoms with E-state index in [1.165, 1.54) is 0 Å². The monoisotopic (exact) mass is 474 g/mol. The molecule has 1 aromatic carbocycles. The SMILES string of the molecule is COc1cc(/C=N/NC(N)=S)ccc1Oc1nc(N2CCOCC2)nc(N2CCOCC2)n1. The van der Waals surface area contributed by atoms with Crippen LogP contribution in [0.2, 0.25) is 0 Å². The first-order valence-electron chi connectivity index (χ1n) is 10.5. The zero-order chi connectivity index (χ0) is 23.0. The molecule has 13 heteroatoms. The van der Waals surface area contributed by atoms with Crippen molar-refractivity contribution in [1.29, 1.82) is 0 Å². The van der Waals surface area contributed by atoms with E-state index in [0.29, 0.717) is 76.0 Å². The van der Waals surface area contributed by atoms with Crippen LogP contribution in [0.3, 0.4) is 0 Å². The van der Waals surface area contributed by atoms with Crippen LogP contribution in [-0.4, -0.2) is 86.0 Å². The lowest BCUT2D eigenvalue weighted by Gasteiger charge is -2.30. The Hall–Kier alpha value is -3.29. The van der Waals surface area contributed by atoms with Crippen LogP contribution in [0, 0.1) is 0 Å². The molecule has 3 heterocycles. The second-order valence-electron chi connectivity index (χ2n) is 7.16. The van der Waals surface area contributed by atoms with E-state index in [0.717, 1.165) is 5.56 Å². The van der Waals surface area contributed by atoms with Crippen LogP contribution in [0.25, 0.3) is 0 Å². The third kappa shape index (κ3) is 6.15. The van der Waals surface area contributed by atoms with Crippen molar-refractivity contribution in [2.45, 2.75) is 0 Å². The van der Waals surface area contributed by atoms with Crippen LogP contribution in [0.4, 0.5) is 11.9 Å². The van der Waals surface area contributed by atoms with Crippen LogP contribution in [-0.2, 0) is 9.47 Å². The highest BCUT2D eigenvalue weighted by molar-refractivity contribution is 7.80. The summed E-state index contributed by atoms with van der Waals surface area (Å²) in [5.41, 5.74) is 8.66. The highest BCUT2D eigenvalue weighted by Crippen LogP contribution is 2.32. The Balaban J connectivity index is 1.60. The normalized spacial score (nSPS) is 16.6. The van der Waals surface area contributed by atoms with Gasteiger partial charge < -0.3 is 34.5 Å². The van der Waals surface area contributed by atoms with Gasteiger partial charge in [0.2, 0.25) is 11.9 Å². The second kappa shape index (κ2) is 11.0. The molecule has 0 atom stereocenters. The standard InChI is InChI=1S/C20H26N8O4S/c1-29-16-12-14(13-22-26-17(21)33)2-3-15(16)32-20-24-18(27-4-8-30-9-5-27)23-19(25-20)28-6-10-31-11-7-28/h2-3,12-13H,4-11H2,1H3,(H3,21,26,33)/b22-13+. The van der Waals surface area contributed by atoms with E-state index >= 15 is 0 Å². The van der Waals surface area contributed by atoms with Crippen LogP contribution < -0.4 is 30.4 Å². The molecule has 2 aromatic rings. The number of methoxy groups -OCH3 is 1. The number of nitrogens with zero attached hydrogens (tertiary/aromatic N) is 6. The second-order valence-corrected chi connectivity index (χ2v) is 7.60. The van der Waals surface area contributed by atoms with Gasteiger partial charge in [0, 0.05) is 26.2 Å². The van der Waals surface area contributed by atoms with Crippen molar-refractivity contribution in [2.24, 2.45) is 10.8 Å². The van der Waals surface area contributed by atoms with Gasteiger partial charge in [-0.15, -0.1) is 0 Å². The smallest absolute Gasteiger partial charge is 0.328 e. The van der Waals surface area contributed by atoms with Gasteiger partial charge in [0.1, 0.15) is 0 Å². The zero-order valence-electron chi connectivity index (χ0n) is 18.3. The van der Waals surface area contributed by atoms with E-state index in [9.17, 15) is 0 Å². The molecule has 33 heavy (non-hydrogen) atoms. The third-order valence-corrected chi connectivity index (χ3v) is 5.05. The Labute approximate surface area is 196 Å². The lowest BCUT2D eigenvalue weighted by Crippen LogP contribution is -2.40. The van der Waals surface area contributed by atoms with Crippen molar-refractivity contribution in [3.05, 3.63) is 23.8 Å². The first kappa shape index (κ1) is 22.9. The molecule has 4 rings (SSSR count). The van der Waals surface area contributed by atoms with Gasteiger partial charge in [-0.1, -0.05) is 0 Å². The number of rotatable bonds is 7. The molecule has 1 aromatic heterocycles. The van der Waals surface area contributed by atoms with Crippen LogP contribution in [0.5, 0.6) is 17.5 Å². The van der Waals surface area contributed by atoms with Gasteiger partial charge in [0.15, 0.2) is 16.6 Å². The van der Waals surface area contributed by atoms with Gasteiger partial charge >= 0.3 is 6.01 Å². The predicted octanol–water partition coefficient (Wildman–Crippen LogP) is 0.513. The van der Waals surface area contributed by atoms with E-state index in [1.54, 1.807) is 25.5 Å². The minimum absolute atomic E-state index is 0.0835. The summed E-state index contributed by atoms with van der Waals surface area (Å²) in [5.74, 6) is 2.06. The van der Waals surface area contributed by atoms with Gasteiger partial charge in [-0.05, 0) is 36.0 Å². The number of thiocarbonyl (C=S) groups is 1. The number of hydrogen-bond acceptors (Lipinski definition) is 11. The largest absolute Gasteiger partial charge is 0.493 e. The van der Waals surface area contributed by atoms with Crippen molar-refractivity contribution in [3.8, 4) is 17.5 Å². The van der Waals surface area contributed by atoms with Crippen molar-refractivity contribution in [3.63, 3.8) is 0 Å². The topological polar surface area (TPSA) is 132 Å². The average molecular weight is 475 g/mol. The third-order valence-electron chi connectivity index (χ3n) is 4.96. The minimum atomic E-state index is 0.0835. The van der Waals surface area contributed by atoms with Gasteiger partial charge in [0.05, 0.1) is 39.8 Å². The van der Waals surface area contributed by atoms with E-state index in [-0.39, 0.29) is 11.1 Å². The van der Waals surface area contributed by atoms with E-state index in [1.807, 2.05) is 6.07 Å². The maximum absolute atomic E-state index is 6.06. The maximum atomic E-state index is 6.06. The number of hydrogen-bond donors (Lipinski definition) is 2. The highest BCUT2D eigenvalue weighted by atomic mass is 32.1. The van der Waals surface area contributed by atoms with Crippen molar-refractivity contribution >= 4 is 35.4 Å². The number of anilines is 2. The molecule has 3 N–H and O–H groups in total. The molecule has 176 valence electrons. The minimum Gasteiger partial charge on any atom is -0.493 e. The molecule has 2 fully saturated rings. The fraction of sp³-hybridized carbons (Fsp3) is 0.450. The number of morpholine rings is 2. The summed E-state index contributed by atoms with van der Waals surface area (Å²) >= 11 is 4.74. The van der Waals surface area contributed by atoms with Crippen molar-refractivity contribution in [2.75, 3.05) is 69.5 Å². The first-order chi connectivity index (χ1) is 16.1. The summed E-state index contributed by atoms with van der Waals surface area (Å²) in [4.78, 5) is 17.9. The highest BCUT2D eigenvalue weighted by Gasteiger charge is 2.22. The zero-order valence-corrected chi connectivity index (χ0v) is 19.1. The maximum Gasteiger partial charge on any atom is 0.328 e. The Morgan fingerprint density at radius 1 is 1.03 bits per heavy atom. The summed E-state index contributed by atoms with van der Waals surface area (Å²) in [5, 5.41) is 4.04. The quantitative estimate of drug-likeness (QED) is 0.329. The molecule has 2 saturated heterocycles. The molecule has 2 aliphatic heterocycles. The summed E-state index contributed by atoms with van der Waals surface area (Å²) in [6, 6.07) is 5.53. The number of aromatic nitrogens is 3. The number of nitrogens with one attached hydrogen (secondary N) is 1. The molecule has 0 saturated carbocycles. The molecule has 0 unspecified atom stereocenters. The Kier molecular flexibility index (Phi) is 7.65. The van der Waals surface area contributed by atoms with Gasteiger partial charge in [0.25, 0.3) is 0 Å². The molecule has 0 aliphatic carbocycles. The van der Waals surface area contributed by atoms with Crippen LogP contribution in [0.1, 0.15) is 5.56 Å². The van der Waals surface area contributed by atoms with Crippen LogP contribution in [0.15, 0.2) is 23.3 Å². The number of ether oxygens (including phenoxy) is 4. The lowest BCUT2D eigenvalue weighted by molar-refractivity contribution is 0.121. The van der Waals surface area contributed by atoms with E-state index in [4.69, 9.17) is 36.9 Å². The average Bonchev–Trinajstić information content (AvgIpc) is 2.85. The summed E-state index contributed by atoms with van der Waals surface area (Å²) in [7, 11) is 1.56. The number of nitrogens with two attached hydrogens (primary N) is 1. The first-order valence-corrected chi connectivity index (χ1v) is 10.9. The Morgan fingerprint density at radius 2 is 1.64 bits per heavy atom. The fourth-order valence-corrected chi connectivity index (χ4v) is 3.36. The van der Waals surface area contributed by atoms with E-state index < -0.39 is 0 Å². The van der Waals surface area contributed by atoms with Crippen molar-refractivity contribution in [1.82, 2.24) is 20.4 Å². The van der Waals surface area contributed by atoms with Gasteiger partial charge in [-0.3, -0.25) is 5.43 Å². The molecule has 2 aliphatic rings. The van der Waals surface area contributed by atoms with Crippen molar-refractivity contribution < 1.29 is 18.9 Å². The van der Waals surface area contributed by atoms with Crippen LogP contribution >= 0.6 is 12.2 Å². The summed E-state index contributed by atoms with van der Waals surface area (Å²) < 4.78 is 22.5. The number of benzene rings is 1. The summed E-state index contributed by atoms with van der Waals surface area (Å²) in [6.07, 6.45) is 1.57. The lowest BCUT2D eigenvalue weighted by atomic mass is 10.2.